The highest BCUT2D eigenvalue weighted by Crippen LogP contribution is 2.23. The molecule has 1 saturated heterocycles. The molecule has 1 unspecified atom stereocenters. The second-order valence-electron chi connectivity index (χ2n) is 5.18. The van der Waals surface area contributed by atoms with Gasteiger partial charge in [-0.25, -0.2) is 14.4 Å². The first-order valence-corrected chi connectivity index (χ1v) is 7.19. The van der Waals surface area contributed by atoms with Crippen molar-refractivity contribution in [2.45, 2.75) is 25.3 Å². The summed E-state index contributed by atoms with van der Waals surface area (Å²) in [4.78, 5) is 15.2. The molecule has 5 nitrogen and oxygen atoms in total. The van der Waals surface area contributed by atoms with Gasteiger partial charge in [0.15, 0.2) is 0 Å². The quantitative estimate of drug-likeness (QED) is 0.935. The summed E-state index contributed by atoms with van der Waals surface area (Å²) in [6, 6.07) is 5.08. The van der Waals surface area contributed by atoms with E-state index in [-0.39, 0.29) is 11.9 Å². The van der Waals surface area contributed by atoms with E-state index in [0.29, 0.717) is 23.9 Å². The standard InChI is InChI=1S/C15H18FN5/c16-11-4-5-13(19-10-11)14-6-7-18-15(20-14)21-8-2-1-3-12(21)9-17/h4-7,10,12H,1-3,8-9,17H2. The highest BCUT2D eigenvalue weighted by atomic mass is 19.1. The molecule has 110 valence electrons. The Labute approximate surface area is 123 Å². The lowest BCUT2D eigenvalue weighted by molar-refractivity contribution is 0.458. The predicted octanol–water partition coefficient (Wildman–Crippen LogP) is 2.00. The number of aromatic nitrogens is 3. The van der Waals surface area contributed by atoms with E-state index in [1.54, 1.807) is 18.3 Å². The summed E-state index contributed by atoms with van der Waals surface area (Å²) in [5, 5.41) is 0. The van der Waals surface area contributed by atoms with Crippen molar-refractivity contribution in [3.05, 3.63) is 36.4 Å². The van der Waals surface area contributed by atoms with E-state index < -0.39 is 0 Å². The number of pyridine rings is 1. The third kappa shape index (κ3) is 3.00. The maximum absolute atomic E-state index is 13.0. The Bertz CT molecular complexity index is 601. The Morgan fingerprint density at radius 1 is 1.19 bits per heavy atom. The first-order chi connectivity index (χ1) is 10.3. The Kier molecular flexibility index (Phi) is 4.06. The highest BCUT2D eigenvalue weighted by Gasteiger charge is 2.23. The lowest BCUT2D eigenvalue weighted by Crippen LogP contribution is -2.45. The number of rotatable bonds is 3. The molecule has 6 heteroatoms. The first-order valence-electron chi connectivity index (χ1n) is 7.19. The van der Waals surface area contributed by atoms with E-state index in [1.807, 2.05) is 0 Å². The second-order valence-corrected chi connectivity index (χ2v) is 5.18. The minimum absolute atomic E-state index is 0.287. The summed E-state index contributed by atoms with van der Waals surface area (Å²) in [6.45, 7) is 1.52. The number of nitrogens with two attached hydrogens (primary N) is 1. The minimum atomic E-state index is -0.354. The smallest absolute Gasteiger partial charge is 0.226 e. The van der Waals surface area contributed by atoms with Crippen LogP contribution >= 0.6 is 0 Å². The number of hydrogen-bond acceptors (Lipinski definition) is 5. The first kappa shape index (κ1) is 13.9. The van der Waals surface area contributed by atoms with Crippen molar-refractivity contribution in [1.82, 2.24) is 15.0 Å². The molecule has 0 amide bonds. The molecule has 1 atom stereocenters. The number of halogens is 1. The van der Waals surface area contributed by atoms with Crippen LogP contribution in [0.3, 0.4) is 0 Å². The molecule has 3 rings (SSSR count). The van der Waals surface area contributed by atoms with Gasteiger partial charge in [0.25, 0.3) is 0 Å². The third-order valence-corrected chi connectivity index (χ3v) is 3.79. The van der Waals surface area contributed by atoms with Gasteiger partial charge in [0.05, 0.1) is 17.6 Å². The molecule has 0 radical (unpaired) electrons. The van der Waals surface area contributed by atoms with Crippen LogP contribution in [0.15, 0.2) is 30.6 Å². The molecule has 21 heavy (non-hydrogen) atoms. The normalized spacial score (nSPS) is 18.8. The average molecular weight is 287 g/mol. The van der Waals surface area contributed by atoms with Crippen LogP contribution in [0.2, 0.25) is 0 Å². The predicted molar refractivity (Wildman–Crippen MR) is 79.3 cm³/mol. The minimum Gasteiger partial charge on any atom is -0.337 e. The molecule has 2 N–H and O–H groups in total. The van der Waals surface area contributed by atoms with Crippen LogP contribution in [0.1, 0.15) is 19.3 Å². The van der Waals surface area contributed by atoms with Crippen molar-refractivity contribution in [3.8, 4) is 11.4 Å². The molecule has 0 aliphatic carbocycles. The van der Waals surface area contributed by atoms with E-state index in [4.69, 9.17) is 5.73 Å². The van der Waals surface area contributed by atoms with Gasteiger partial charge >= 0.3 is 0 Å². The average Bonchev–Trinajstić information content (AvgIpc) is 2.55. The van der Waals surface area contributed by atoms with Gasteiger partial charge < -0.3 is 10.6 Å². The fraction of sp³-hybridized carbons (Fsp3) is 0.400. The van der Waals surface area contributed by atoms with E-state index in [0.717, 1.165) is 19.4 Å². The van der Waals surface area contributed by atoms with E-state index >= 15 is 0 Å². The number of hydrogen-bond donors (Lipinski definition) is 1. The lowest BCUT2D eigenvalue weighted by Gasteiger charge is -2.35. The van der Waals surface area contributed by atoms with Crippen LogP contribution in [0.4, 0.5) is 10.3 Å². The van der Waals surface area contributed by atoms with E-state index in [1.165, 1.54) is 18.7 Å². The van der Waals surface area contributed by atoms with Crippen molar-refractivity contribution >= 4 is 5.95 Å². The van der Waals surface area contributed by atoms with Crippen LogP contribution in [0.5, 0.6) is 0 Å². The zero-order valence-corrected chi connectivity index (χ0v) is 11.7. The molecule has 1 aliphatic heterocycles. The van der Waals surface area contributed by atoms with Gasteiger partial charge in [-0.3, -0.25) is 4.98 Å². The van der Waals surface area contributed by atoms with Gasteiger partial charge in [-0.2, -0.15) is 0 Å². The fourth-order valence-electron chi connectivity index (χ4n) is 2.67. The maximum Gasteiger partial charge on any atom is 0.226 e. The zero-order chi connectivity index (χ0) is 14.7. The Balaban J connectivity index is 1.90. The van der Waals surface area contributed by atoms with Gasteiger partial charge in [0.1, 0.15) is 5.82 Å². The maximum atomic E-state index is 13.0. The monoisotopic (exact) mass is 287 g/mol. The van der Waals surface area contributed by atoms with Gasteiger partial charge in [0.2, 0.25) is 5.95 Å². The third-order valence-electron chi connectivity index (χ3n) is 3.79. The highest BCUT2D eigenvalue weighted by molar-refractivity contribution is 5.55. The van der Waals surface area contributed by atoms with Crippen molar-refractivity contribution in [2.24, 2.45) is 5.73 Å². The zero-order valence-electron chi connectivity index (χ0n) is 11.7. The summed E-state index contributed by atoms with van der Waals surface area (Å²) in [5.74, 6) is 0.320. The molecule has 0 spiro atoms. The SMILES string of the molecule is NCC1CCCCN1c1nccc(-c2ccc(F)cn2)n1. The van der Waals surface area contributed by atoms with Crippen LogP contribution in [-0.4, -0.2) is 34.1 Å². The molecular weight excluding hydrogens is 269 g/mol. The molecule has 2 aromatic rings. The van der Waals surface area contributed by atoms with Crippen molar-refractivity contribution in [3.63, 3.8) is 0 Å². The van der Waals surface area contributed by atoms with Crippen LogP contribution in [-0.2, 0) is 0 Å². The largest absolute Gasteiger partial charge is 0.337 e. The Morgan fingerprint density at radius 3 is 2.86 bits per heavy atom. The summed E-state index contributed by atoms with van der Waals surface area (Å²) in [7, 11) is 0. The van der Waals surface area contributed by atoms with Crippen LogP contribution in [0.25, 0.3) is 11.4 Å². The summed E-state index contributed by atoms with van der Waals surface area (Å²) in [5.41, 5.74) is 7.18. The molecular formula is C15H18FN5. The molecule has 2 aromatic heterocycles. The van der Waals surface area contributed by atoms with Crippen LogP contribution < -0.4 is 10.6 Å². The molecule has 0 saturated carbocycles. The Hall–Kier alpha value is -2.08. The molecule has 1 fully saturated rings. The topological polar surface area (TPSA) is 67.9 Å². The van der Waals surface area contributed by atoms with Gasteiger partial charge in [0, 0.05) is 25.3 Å². The van der Waals surface area contributed by atoms with Crippen molar-refractivity contribution < 1.29 is 4.39 Å². The van der Waals surface area contributed by atoms with Crippen molar-refractivity contribution in [1.29, 1.82) is 0 Å². The number of piperidine rings is 1. The molecule has 0 bridgehead atoms. The van der Waals surface area contributed by atoms with Crippen LogP contribution in [0, 0.1) is 5.82 Å². The summed E-state index contributed by atoms with van der Waals surface area (Å²) < 4.78 is 13.0. The van der Waals surface area contributed by atoms with Gasteiger partial charge in [-0.05, 0) is 37.5 Å². The second kappa shape index (κ2) is 6.13. The summed E-state index contributed by atoms with van der Waals surface area (Å²) >= 11 is 0. The number of nitrogens with zero attached hydrogens (tertiary/aromatic N) is 4. The fourth-order valence-corrected chi connectivity index (χ4v) is 2.67. The molecule has 1 aliphatic rings. The van der Waals surface area contributed by atoms with Crippen molar-refractivity contribution in [2.75, 3.05) is 18.0 Å². The van der Waals surface area contributed by atoms with E-state index in [9.17, 15) is 4.39 Å². The van der Waals surface area contributed by atoms with E-state index in [2.05, 4.69) is 19.9 Å². The van der Waals surface area contributed by atoms with Gasteiger partial charge in [-0.1, -0.05) is 0 Å². The van der Waals surface area contributed by atoms with Gasteiger partial charge in [-0.15, -0.1) is 0 Å². The Morgan fingerprint density at radius 2 is 2.10 bits per heavy atom. The lowest BCUT2D eigenvalue weighted by atomic mass is 10.0. The number of anilines is 1. The molecule has 3 heterocycles. The summed E-state index contributed by atoms with van der Waals surface area (Å²) in [6.07, 6.45) is 6.29. The molecule has 0 aromatic carbocycles.